The molecule has 0 aliphatic rings. The summed E-state index contributed by atoms with van der Waals surface area (Å²) in [6.07, 6.45) is 42.2. The van der Waals surface area contributed by atoms with Crippen LogP contribution in [0.2, 0.25) is 0 Å². The highest BCUT2D eigenvalue weighted by molar-refractivity contribution is 5.75. The molecule has 0 spiro atoms. The van der Waals surface area contributed by atoms with Crippen LogP contribution in [-0.2, 0) is 9.59 Å². The summed E-state index contributed by atoms with van der Waals surface area (Å²) in [6.45, 7) is 4.63. The molecular weight excluding hydrogens is 540 g/mol. The van der Waals surface area contributed by atoms with Gasteiger partial charge in [0.25, 0.3) is 0 Å². The molecular formula is C40H80N2O2. The first-order valence-electron chi connectivity index (χ1n) is 20.0. The minimum atomic E-state index is 0.186. The van der Waals surface area contributed by atoms with Gasteiger partial charge in [0.05, 0.1) is 0 Å². The van der Waals surface area contributed by atoms with Crippen LogP contribution in [0.3, 0.4) is 0 Å². The molecule has 44 heavy (non-hydrogen) atoms. The van der Waals surface area contributed by atoms with Gasteiger partial charge in [0.1, 0.15) is 0 Å². The summed E-state index contributed by atoms with van der Waals surface area (Å²) in [5, 5.41) is 5.49. The zero-order valence-electron chi connectivity index (χ0n) is 30.6. The van der Waals surface area contributed by atoms with Gasteiger partial charge in [-0.05, 0) is 24.7 Å². The standard InChI is InChI=1S/C40H80N2O2/c1-5-7-9-11-13-19-25-31-37(33-27-21-15-17-23-29-35-39(43)41-3)38(32-26-20-14-12-10-8-6-2)34-28-22-16-18-24-30-36-40(44)42-4/h37-38H,5-36H2,1-4H3,(H,41,43)(H,42,44). The summed E-state index contributed by atoms with van der Waals surface area (Å²) in [7, 11) is 3.48. The molecule has 0 bridgehead atoms. The van der Waals surface area contributed by atoms with Crippen LogP contribution in [0, 0.1) is 11.8 Å². The van der Waals surface area contributed by atoms with Crippen LogP contribution in [0.15, 0.2) is 0 Å². The molecule has 0 aromatic rings. The fourth-order valence-corrected chi connectivity index (χ4v) is 7.01. The van der Waals surface area contributed by atoms with Crippen LogP contribution in [0.5, 0.6) is 0 Å². The zero-order valence-corrected chi connectivity index (χ0v) is 30.6. The van der Waals surface area contributed by atoms with E-state index >= 15 is 0 Å². The summed E-state index contributed by atoms with van der Waals surface area (Å²) in [6, 6.07) is 0. The largest absolute Gasteiger partial charge is 0.359 e. The predicted octanol–water partition coefficient (Wildman–Crippen LogP) is 12.2. The lowest BCUT2D eigenvalue weighted by atomic mass is 9.78. The molecule has 0 aliphatic carbocycles. The number of unbranched alkanes of at least 4 members (excludes halogenated alkanes) is 22. The molecule has 4 nitrogen and oxygen atoms in total. The second kappa shape index (κ2) is 34.8. The van der Waals surface area contributed by atoms with Crippen LogP contribution in [0.1, 0.15) is 219 Å². The fourth-order valence-electron chi connectivity index (χ4n) is 7.01. The summed E-state index contributed by atoms with van der Waals surface area (Å²) >= 11 is 0. The van der Waals surface area contributed by atoms with Gasteiger partial charge in [0, 0.05) is 26.9 Å². The lowest BCUT2D eigenvalue weighted by Crippen LogP contribution is -2.16. The molecule has 2 N–H and O–H groups in total. The van der Waals surface area contributed by atoms with Crippen molar-refractivity contribution in [2.24, 2.45) is 11.8 Å². The highest BCUT2D eigenvalue weighted by Crippen LogP contribution is 2.34. The van der Waals surface area contributed by atoms with Crippen molar-refractivity contribution in [2.75, 3.05) is 14.1 Å². The quantitative estimate of drug-likeness (QED) is 0.0692. The topological polar surface area (TPSA) is 58.2 Å². The van der Waals surface area contributed by atoms with Crippen LogP contribution < -0.4 is 10.6 Å². The first-order valence-corrected chi connectivity index (χ1v) is 20.0. The molecule has 0 fully saturated rings. The lowest BCUT2D eigenvalue weighted by Gasteiger charge is -2.28. The highest BCUT2D eigenvalue weighted by Gasteiger charge is 2.20. The lowest BCUT2D eigenvalue weighted by molar-refractivity contribution is -0.121. The zero-order chi connectivity index (χ0) is 32.4. The molecule has 262 valence electrons. The Balaban J connectivity index is 4.80. The number of hydrogen-bond acceptors (Lipinski definition) is 2. The molecule has 0 aliphatic heterocycles. The van der Waals surface area contributed by atoms with E-state index in [1.54, 1.807) is 14.1 Å². The van der Waals surface area contributed by atoms with E-state index in [2.05, 4.69) is 24.5 Å². The molecule has 0 radical (unpaired) electrons. The molecule has 0 aromatic heterocycles. The minimum absolute atomic E-state index is 0.186. The molecule has 0 heterocycles. The number of hydrogen-bond donors (Lipinski definition) is 2. The third kappa shape index (κ3) is 29.6. The Hall–Kier alpha value is -1.06. The Kier molecular flexibility index (Phi) is 34.0. The van der Waals surface area contributed by atoms with Gasteiger partial charge in [0.2, 0.25) is 11.8 Å². The molecule has 2 unspecified atom stereocenters. The summed E-state index contributed by atoms with van der Waals surface area (Å²) in [5.41, 5.74) is 0. The van der Waals surface area contributed by atoms with Gasteiger partial charge in [-0.15, -0.1) is 0 Å². The van der Waals surface area contributed by atoms with Crippen molar-refractivity contribution in [3.05, 3.63) is 0 Å². The maximum Gasteiger partial charge on any atom is 0.219 e. The van der Waals surface area contributed by atoms with E-state index in [1.165, 1.54) is 180 Å². The van der Waals surface area contributed by atoms with E-state index in [-0.39, 0.29) is 11.8 Å². The van der Waals surface area contributed by atoms with Gasteiger partial charge in [0.15, 0.2) is 0 Å². The van der Waals surface area contributed by atoms with Crippen molar-refractivity contribution in [3.63, 3.8) is 0 Å². The molecule has 2 amide bonds. The summed E-state index contributed by atoms with van der Waals surface area (Å²) in [5.74, 6) is 2.22. The van der Waals surface area contributed by atoms with E-state index in [1.807, 2.05) is 0 Å². The van der Waals surface area contributed by atoms with Crippen LogP contribution in [-0.4, -0.2) is 25.9 Å². The first kappa shape index (κ1) is 42.9. The SMILES string of the molecule is CCCCCCCCCC(CCCCCCCCC(=O)NC)C(CCCCCCCCC)CCCCCCCCC(=O)NC. The van der Waals surface area contributed by atoms with Gasteiger partial charge in [-0.3, -0.25) is 9.59 Å². The van der Waals surface area contributed by atoms with E-state index in [4.69, 9.17) is 0 Å². The third-order valence-electron chi connectivity index (χ3n) is 10.0. The average molecular weight is 621 g/mol. The van der Waals surface area contributed by atoms with Crippen molar-refractivity contribution in [2.45, 2.75) is 219 Å². The monoisotopic (exact) mass is 621 g/mol. The van der Waals surface area contributed by atoms with Gasteiger partial charge in [-0.2, -0.15) is 0 Å². The molecule has 0 saturated carbocycles. The Morgan fingerprint density at radius 2 is 0.591 bits per heavy atom. The van der Waals surface area contributed by atoms with Crippen LogP contribution >= 0.6 is 0 Å². The predicted molar refractivity (Wildman–Crippen MR) is 194 cm³/mol. The molecule has 2 atom stereocenters. The maximum absolute atomic E-state index is 11.5. The second-order valence-electron chi connectivity index (χ2n) is 14.0. The smallest absolute Gasteiger partial charge is 0.219 e. The van der Waals surface area contributed by atoms with Crippen molar-refractivity contribution < 1.29 is 9.59 Å². The Bertz CT molecular complexity index is 556. The van der Waals surface area contributed by atoms with Crippen LogP contribution in [0.25, 0.3) is 0 Å². The summed E-state index contributed by atoms with van der Waals surface area (Å²) in [4.78, 5) is 22.9. The molecule has 4 heteroatoms. The number of nitrogens with one attached hydrogen (secondary N) is 2. The van der Waals surface area contributed by atoms with E-state index in [0.29, 0.717) is 12.8 Å². The average Bonchev–Trinajstić information content (AvgIpc) is 3.04. The Labute approximate surface area is 276 Å². The number of rotatable bonds is 35. The Morgan fingerprint density at radius 1 is 0.364 bits per heavy atom. The first-order chi connectivity index (χ1) is 21.6. The summed E-state index contributed by atoms with van der Waals surface area (Å²) < 4.78 is 0. The van der Waals surface area contributed by atoms with Gasteiger partial charge < -0.3 is 10.6 Å². The maximum atomic E-state index is 11.5. The van der Waals surface area contributed by atoms with E-state index in [0.717, 1.165) is 24.7 Å². The fraction of sp³-hybridized carbons (Fsp3) is 0.950. The van der Waals surface area contributed by atoms with Crippen molar-refractivity contribution in [1.82, 2.24) is 10.6 Å². The van der Waals surface area contributed by atoms with Crippen molar-refractivity contribution in [1.29, 1.82) is 0 Å². The number of carbonyl (C=O) groups excluding carboxylic acids is 2. The molecule has 0 rings (SSSR count). The van der Waals surface area contributed by atoms with Crippen molar-refractivity contribution >= 4 is 11.8 Å². The van der Waals surface area contributed by atoms with E-state index < -0.39 is 0 Å². The highest BCUT2D eigenvalue weighted by atomic mass is 16.2. The molecule has 0 aromatic carbocycles. The van der Waals surface area contributed by atoms with Gasteiger partial charge in [-0.25, -0.2) is 0 Å². The normalized spacial score (nSPS) is 12.7. The van der Waals surface area contributed by atoms with Crippen molar-refractivity contribution in [3.8, 4) is 0 Å². The number of amides is 2. The third-order valence-corrected chi connectivity index (χ3v) is 10.0. The number of carbonyl (C=O) groups is 2. The van der Waals surface area contributed by atoms with Crippen LogP contribution in [0.4, 0.5) is 0 Å². The van der Waals surface area contributed by atoms with Gasteiger partial charge in [-0.1, -0.05) is 194 Å². The Morgan fingerprint density at radius 3 is 0.841 bits per heavy atom. The van der Waals surface area contributed by atoms with E-state index in [9.17, 15) is 9.59 Å². The molecule has 0 saturated heterocycles. The van der Waals surface area contributed by atoms with Gasteiger partial charge >= 0.3 is 0 Å². The second-order valence-corrected chi connectivity index (χ2v) is 14.0. The minimum Gasteiger partial charge on any atom is -0.359 e.